The van der Waals surface area contributed by atoms with Gasteiger partial charge in [0.1, 0.15) is 11.2 Å². The van der Waals surface area contributed by atoms with Crippen LogP contribution in [0.25, 0.3) is 100.0 Å². The van der Waals surface area contributed by atoms with E-state index in [4.69, 9.17) is 14.4 Å². The predicted octanol–water partition coefficient (Wildman–Crippen LogP) is 13.5. The summed E-state index contributed by atoms with van der Waals surface area (Å²) in [4.78, 5) is 10.5. The Morgan fingerprint density at radius 3 is 1.72 bits per heavy atom. The van der Waals surface area contributed by atoms with Crippen LogP contribution < -0.4 is 0 Å². The van der Waals surface area contributed by atoms with E-state index in [0.717, 1.165) is 83.4 Å². The van der Waals surface area contributed by atoms with Crippen molar-refractivity contribution in [3.8, 4) is 67.3 Å². The first kappa shape index (κ1) is 30.7. The molecule has 53 heavy (non-hydrogen) atoms. The molecule has 0 aliphatic heterocycles. The molecular formula is C50H32N2O. The number of benzene rings is 8. The van der Waals surface area contributed by atoms with Crippen molar-refractivity contribution in [2.24, 2.45) is 0 Å². The summed E-state index contributed by atoms with van der Waals surface area (Å²) < 4.78 is 6.24. The lowest BCUT2D eigenvalue weighted by atomic mass is 9.85. The zero-order chi connectivity index (χ0) is 35.1. The summed E-state index contributed by atoms with van der Waals surface area (Å²) in [5.41, 5.74) is 13.2. The molecule has 0 saturated carbocycles. The number of furan rings is 1. The second-order valence-electron chi connectivity index (χ2n) is 13.4. The van der Waals surface area contributed by atoms with Gasteiger partial charge in [0.05, 0.1) is 11.4 Å². The summed E-state index contributed by atoms with van der Waals surface area (Å²) in [6.07, 6.45) is 0. The van der Waals surface area contributed by atoms with Crippen LogP contribution >= 0.6 is 0 Å². The minimum absolute atomic E-state index is 0.685. The van der Waals surface area contributed by atoms with Gasteiger partial charge in [0.25, 0.3) is 0 Å². The highest BCUT2D eigenvalue weighted by Gasteiger charge is 2.21. The van der Waals surface area contributed by atoms with Gasteiger partial charge in [-0.05, 0) is 86.6 Å². The van der Waals surface area contributed by atoms with Gasteiger partial charge in [-0.25, -0.2) is 9.97 Å². The van der Waals surface area contributed by atoms with E-state index in [1.165, 1.54) is 10.8 Å². The zero-order valence-corrected chi connectivity index (χ0v) is 28.8. The molecule has 0 fully saturated rings. The van der Waals surface area contributed by atoms with Gasteiger partial charge in [-0.1, -0.05) is 152 Å². The van der Waals surface area contributed by atoms with Gasteiger partial charge in [-0.2, -0.15) is 0 Å². The van der Waals surface area contributed by atoms with E-state index in [-0.39, 0.29) is 0 Å². The Labute approximate surface area is 307 Å². The molecule has 2 aromatic heterocycles. The Hall–Kier alpha value is -7.10. The lowest BCUT2D eigenvalue weighted by Crippen LogP contribution is -1.99. The normalized spacial score (nSPS) is 11.4. The maximum Gasteiger partial charge on any atom is 0.160 e. The third-order valence-electron chi connectivity index (χ3n) is 10.1. The minimum Gasteiger partial charge on any atom is -0.456 e. The molecule has 0 spiro atoms. The summed E-state index contributed by atoms with van der Waals surface area (Å²) >= 11 is 0. The monoisotopic (exact) mass is 676 g/mol. The van der Waals surface area contributed by atoms with Crippen LogP contribution in [-0.4, -0.2) is 9.97 Å². The van der Waals surface area contributed by atoms with E-state index in [0.29, 0.717) is 5.82 Å². The Morgan fingerprint density at radius 1 is 0.321 bits per heavy atom. The van der Waals surface area contributed by atoms with Crippen molar-refractivity contribution in [1.29, 1.82) is 0 Å². The molecule has 10 aromatic rings. The molecular weight excluding hydrogens is 645 g/mol. The zero-order valence-electron chi connectivity index (χ0n) is 28.8. The summed E-state index contributed by atoms with van der Waals surface area (Å²) in [6.45, 7) is 0. The van der Waals surface area contributed by atoms with E-state index >= 15 is 0 Å². The van der Waals surface area contributed by atoms with Crippen molar-refractivity contribution in [2.45, 2.75) is 0 Å². The summed E-state index contributed by atoms with van der Waals surface area (Å²) in [7, 11) is 0. The van der Waals surface area contributed by atoms with E-state index in [1.54, 1.807) is 0 Å². The number of hydrogen-bond donors (Lipinski definition) is 0. The number of hydrogen-bond acceptors (Lipinski definition) is 3. The van der Waals surface area contributed by atoms with Crippen LogP contribution in [0.15, 0.2) is 199 Å². The molecule has 0 aliphatic carbocycles. The standard InChI is InChI=1S/C50H32N2O/c1-4-15-34(16-5-1)45-32-46(52-50(51-45)36-19-8-3-9-20-36)44-31-40(38-26-27-48-43(29-38)41-22-12-13-23-47(41)53-48)30-42(49(44)35-17-6-2-7-18-35)39-25-24-33-14-10-11-21-37(33)28-39/h1-32H. The second kappa shape index (κ2) is 12.9. The number of nitrogens with zero attached hydrogens (tertiary/aromatic N) is 2. The molecule has 0 radical (unpaired) electrons. The average Bonchev–Trinajstić information content (AvgIpc) is 3.62. The highest BCUT2D eigenvalue weighted by atomic mass is 16.3. The highest BCUT2D eigenvalue weighted by molar-refractivity contribution is 6.07. The van der Waals surface area contributed by atoms with Crippen LogP contribution in [0.2, 0.25) is 0 Å². The minimum atomic E-state index is 0.685. The Morgan fingerprint density at radius 2 is 0.925 bits per heavy atom. The number of fused-ring (bicyclic) bond motifs is 4. The van der Waals surface area contributed by atoms with Gasteiger partial charge in [-0.3, -0.25) is 0 Å². The fourth-order valence-corrected chi connectivity index (χ4v) is 7.48. The van der Waals surface area contributed by atoms with Gasteiger partial charge >= 0.3 is 0 Å². The van der Waals surface area contributed by atoms with Crippen LogP contribution in [0.5, 0.6) is 0 Å². The Bertz CT molecular complexity index is 2870. The first-order chi connectivity index (χ1) is 26.2. The highest BCUT2D eigenvalue weighted by Crippen LogP contribution is 2.45. The molecule has 0 bridgehead atoms. The largest absolute Gasteiger partial charge is 0.456 e. The predicted molar refractivity (Wildman–Crippen MR) is 219 cm³/mol. The maximum absolute atomic E-state index is 6.24. The molecule has 0 unspecified atom stereocenters. The van der Waals surface area contributed by atoms with Crippen molar-refractivity contribution in [2.75, 3.05) is 0 Å². The molecule has 2 heterocycles. The first-order valence-corrected chi connectivity index (χ1v) is 17.9. The summed E-state index contributed by atoms with van der Waals surface area (Å²) in [5, 5.41) is 4.61. The van der Waals surface area contributed by atoms with Crippen molar-refractivity contribution < 1.29 is 4.42 Å². The van der Waals surface area contributed by atoms with E-state index in [1.807, 2.05) is 36.4 Å². The smallest absolute Gasteiger partial charge is 0.160 e. The summed E-state index contributed by atoms with van der Waals surface area (Å²) in [6, 6.07) is 68.2. The van der Waals surface area contributed by atoms with Gasteiger partial charge in [-0.15, -0.1) is 0 Å². The molecule has 8 aromatic carbocycles. The molecule has 248 valence electrons. The van der Waals surface area contributed by atoms with Gasteiger partial charge in [0.15, 0.2) is 5.82 Å². The van der Waals surface area contributed by atoms with Crippen molar-refractivity contribution in [1.82, 2.24) is 9.97 Å². The van der Waals surface area contributed by atoms with Crippen LogP contribution in [0.4, 0.5) is 0 Å². The average molecular weight is 677 g/mol. The van der Waals surface area contributed by atoms with Crippen molar-refractivity contribution in [3.63, 3.8) is 0 Å². The molecule has 0 saturated heterocycles. The second-order valence-corrected chi connectivity index (χ2v) is 13.4. The molecule has 0 amide bonds. The van der Waals surface area contributed by atoms with Crippen molar-refractivity contribution >= 4 is 32.7 Å². The number of rotatable bonds is 6. The van der Waals surface area contributed by atoms with Crippen LogP contribution in [-0.2, 0) is 0 Å². The van der Waals surface area contributed by atoms with Gasteiger partial charge in [0.2, 0.25) is 0 Å². The molecule has 3 nitrogen and oxygen atoms in total. The quantitative estimate of drug-likeness (QED) is 0.176. The fraction of sp³-hybridized carbons (Fsp3) is 0. The van der Waals surface area contributed by atoms with Crippen molar-refractivity contribution in [3.05, 3.63) is 194 Å². The van der Waals surface area contributed by atoms with E-state index < -0.39 is 0 Å². The number of para-hydroxylation sites is 1. The van der Waals surface area contributed by atoms with Crippen LogP contribution in [0, 0.1) is 0 Å². The molecule has 3 heteroatoms. The lowest BCUT2D eigenvalue weighted by molar-refractivity contribution is 0.669. The lowest BCUT2D eigenvalue weighted by Gasteiger charge is -2.20. The molecule has 10 rings (SSSR count). The Kier molecular flexibility index (Phi) is 7.47. The van der Waals surface area contributed by atoms with E-state index in [9.17, 15) is 0 Å². The molecule has 0 aliphatic rings. The van der Waals surface area contributed by atoms with Crippen LogP contribution in [0.1, 0.15) is 0 Å². The first-order valence-electron chi connectivity index (χ1n) is 17.9. The fourth-order valence-electron chi connectivity index (χ4n) is 7.48. The summed E-state index contributed by atoms with van der Waals surface area (Å²) in [5.74, 6) is 0.685. The molecule has 0 atom stereocenters. The van der Waals surface area contributed by atoms with Gasteiger partial charge < -0.3 is 4.42 Å². The SMILES string of the molecule is c1ccc(-c2cc(-c3cc(-c4ccc5oc6ccccc6c5c4)cc(-c4ccc5ccccc5c4)c3-c3ccccc3)nc(-c3ccccc3)n2)cc1. The third-order valence-corrected chi connectivity index (χ3v) is 10.1. The number of aromatic nitrogens is 2. The Balaban J connectivity index is 1.30. The van der Waals surface area contributed by atoms with E-state index in [2.05, 4.69) is 158 Å². The van der Waals surface area contributed by atoms with Crippen LogP contribution in [0.3, 0.4) is 0 Å². The van der Waals surface area contributed by atoms with Gasteiger partial charge in [0, 0.05) is 27.5 Å². The topological polar surface area (TPSA) is 38.9 Å². The third kappa shape index (κ3) is 5.65. The molecule has 0 N–H and O–H groups in total. The maximum atomic E-state index is 6.24.